The van der Waals surface area contributed by atoms with E-state index in [0.29, 0.717) is 23.6 Å². The highest BCUT2D eigenvalue weighted by Crippen LogP contribution is 2.22. The summed E-state index contributed by atoms with van der Waals surface area (Å²) in [7, 11) is 0. The topological polar surface area (TPSA) is 57.6 Å². The molecule has 0 aromatic heterocycles. The van der Waals surface area contributed by atoms with Crippen molar-refractivity contribution in [2.24, 2.45) is 0 Å². The fraction of sp³-hybridized carbons (Fsp3) is 0.385. The molecule has 0 radical (unpaired) electrons. The van der Waals surface area contributed by atoms with Gasteiger partial charge in [-0.1, -0.05) is 12.1 Å². The molecule has 1 aliphatic rings. The number of benzene rings is 1. The quantitative estimate of drug-likeness (QED) is 0.832. The predicted octanol–water partition coefficient (Wildman–Crippen LogP) is 1.22. The molecule has 1 saturated heterocycles. The van der Waals surface area contributed by atoms with Crippen LogP contribution in [0, 0.1) is 0 Å². The normalized spacial score (nSPS) is 16.2. The molecule has 18 heavy (non-hydrogen) atoms. The van der Waals surface area contributed by atoms with Gasteiger partial charge in [0.25, 0.3) is 0 Å². The third-order valence-corrected chi connectivity index (χ3v) is 3.64. The monoisotopic (exact) mass is 265 g/mol. The number of hydrogen-bond donors (Lipinski definition) is 1. The van der Waals surface area contributed by atoms with Crippen LogP contribution in [0.1, 0.15) is 12.0 Å². The molecule has 0 spiro atoms. The minimum absolute atomic E-state index is 0.141. The standard InChI is InChI=1S/C13H15NO3S/c15-6-2-4-10-3-1-5-11(7-10)14-12(16)8-18-9-13(14)17/h1,3,5,7,15H,2,4,6,8-9H2. The van der Waals surface area contributed by atoms with Gasteiger partial charge in [0.05, 0.1) is 17.2 Å². The summed E-state index contributed by atoms with van der Waals surface area (Å²) in [5.41, 5.74) is 1.67. The minimum Gasteiger partial charge on any atom is -0.396 e. The van der Waals surface area contributed by atoms with Gasteiger partial charge in [0, 0.05) is 6.61 Å². The zero-order chi connectivity index (χ0) is 13.0. The van der Waals surface area contributed by atoms with Crippen molar-refractivity contribution in [1.29, 1.82) is 0 Å². The Balaban J connectivity index is 2.21. The lowest BCUT2D eigenvalue weighted by atomic mass is 10.1. The number of carbonyl (C=O) groups excluding carboxylic acids is 2. The Morgan fingerprint density at radius 3 is 2.61 bits per heavy atom. The van der Waals surface area contributed by atoms with Crippen LogP contribution in [0.2, 0.25) is 0 Å². The van der Waals surface area contributed by atoms with E-state index in [4.69, 9.17) is 5.11 Å². The lowest BCUT2D eigenvalue weighted by Gasteiger charge is -2.24. The fourth-order valence-corrected chi connectivity index (χ4v) is 2.63. The fourth-order valence-electron chi connectivity index (χ4n) is 1.92. The van der Waals surface area contributed by atoms with Crippen LogP contribution in [-0.4, -0.2) is 35.0 Å². The van der Waals surface area contributed by atoms with E-state index in [-0.39, 0.29) is 18.4 Å². The Bertz CT molecular complexity index is 445. The molecule has 0 atom stereocenters. The van der Waals surface area contributed by atoms with Gasteiger partial charge in [-0.15, -0.1) is 11.8 Å². The van der Waals surface area contributed by atoms with E-state index in [1.807, 2.05) is 18.2 Å². The van der Waals surface area contributed by atoms with E-state index in [9.17, 15) is 9.59 Å². The van der Waals surface area contributed by atoms with Crippen LogP contribution in [0.3, 0.4) is 0 Å². The van der Waals surface area contributed by atoms with Crippen LogP contribution < -0.4 is 4.90 Å². The van der Waals surface area contributed by atoms with Gasteiger partial charge in [-0.05, 0) is 30.5 Å². The molecule has 0 bridgehead atoms. The molecular weight excluding hydrogens is 250 g/mol. The Labute approximate surface area is 110 Å². The van der Waals surface area contributed by atoms with Gasteiger partial charge >= 0.3 is 0 Å². The maximum atomic E-state index is 11.8. The Morgan fingerprint density at radius 1 is 1.22 bits per heavy atom. The van der Waals surface area contributed by atoms with Crippen molar-refractivity contribution in [1.82, 2.24) is 0 Å². The van der Waals surface area contributed by atoms with Crippen LogP contribution in [0.4, 0.5) is 5.69 Å². The minimum atomic E-state index is -0.157. The molecule has 2 amide bonds. The molecule has 0 aliphatic carbocycles. The van der Waals surface area contributed by atoms with Gasteiger partial charge < -0.3 is 5.11 Å². The number of imide groups is 1. The molecule has 2 rings (SSSR count). The van der Waals surface area contributed by atoms with Gasteiger partial charge in [0.1, 0.15) is 0 Å². The summed E-state index contributed by atoms with van der Waals surface area (Å²) in [4.78, 5) is 24.8. The average molecular weight is 265 g/mol. The number of aliphatic hydroxyl groups excluding tert-OH is 1. The molecule has 96 valence electrons. The number of amides is 2. The number of rotatable bonds is 4. The molecule has 5 heteroatoms. The van der Waals surface area contributed by atoms with E-state index in [0.717, 1.165) is 12.0 Å². The van der Waals surface area contributed by atoms with E-state index in [1.165, 1.54) is 16.7 Å². The van der Waals surface area contributed by atoms with Gasteiger partial charge in [-0.3, -0.25) is 9.59 Å². The second kappa shape index (κ2) is 6.02. The number of aryl methyl sites for hydroxylation is 1. The Kier molecular flexibility index (Phi) is 4.38. The van der Waals surface area contributed by atoms with Gasteiger partial charge in [-0.2, -0.15) is 0 Å². The lowest BCUT2D eigenvalue weighted by Crippen LogP contribution is -2.43. The Morgan fingerprint density at radius 2 is 1.94 bits per heavy atom. The molecule has 1 aliphatic heterocycles. The second-order valence-corrected chi connectivity index (χ2v) is 5.10. The van der Waals surface area contributed by atoms with Crippen LogP contribution in [0.25, 0.3) is 0 Å². The van der Waals surface area contributed by atoms with Crippen molar-refractivity contribution < 1.29 is 14.7 Å². The number of aliphatic hydroxyl groups is 1. The number of thioether (sulfide) groups is 1. The summed E-state index contributed by atoms with van der Waals surface area (Å²) in [6.45, 7) is 0.141. The van der Waals surface area contributed by atoms with Crippen molar-refractivity contribution >= 4 is 29.3 Å². The van der Waals surface area contributed by atoms with Crippen LogP contribution in [0.5, 0.6) is 0 Å². The van der Waals surface area contributed by atoms with E-state index < -0.39 is 0 Å². The van der Waals surface area contributed by atoms with Crippen molar-refractivity contribution in [3.05, 3.63) is 29.8 Å². The highest BCUT2D eigenvalue weighted by molar-refractivity contribution is 8.00. The molecular formula is C13H15NO3S. The maximum Gasteiger partial charge on any atom is 0.243 e. The summed E-state index contributed by atoms with van der Waals surface area (Å²) in [5.74, 6) is 0.394. The van der Waals surface area contributed by atoms with Gasteiger partial charge in [-0.25, -0.2) is 4.90 Å². The molecule has 1 N–H and O–H groups in total. The van der Waals surface area contributed by atoms with Crippen LogP contribution in [0.15, 0.2) is 24.3 Å². The molecule has 0 saturated carbocycles. The molecule has 1 fully saturated rings. The highest BCUT2D eigenvalue weighted by atomic mass is 32.2. The first-order valence-electron chi connectivity index (χ1n) is 5.85. The van der Waals surface area contributed by atoms with Crippen molar-refractivity contribution in [3.63, 3.8) is 0 Å². The molecule has 1 heterocycles. The summed E-state index contributed by atoms with van der Waals surface area (Å²) in [6, 6.07) is 7.40. The number of nitrogens with zero attached hydrogens (tertiary/aromatic N) is 1. The number of carbonyl (C=O) groups is 2. The van der Waals surface area contributed by atoms with E-state index in [2.05, 4.69) is 0 Å². The molecule has 0 unspecified atom stereocenters. The predicted molar refractivity (Wildman–Crippen MR) is 71.7 cm³/mol. The highest BCUT2D eigenvalue weighted by Gasteiger charge is 2.27. The van der Waals surface area contributed by atoms with Gasteiger partial charge in [0.15, 0.2) is 0 Å². The van der Waals surface area contributed by atoms with Crippen molar-refractivity contribution in [3.8, 4) is 0 Å². The molecule has 1 aromatic carbocycles. The first kappa shape index (κ1) is 13.1. The van der Waals surface area contributed by atoms with E-state index in [1.54, 1.807) is 6.07 Å². The van der Waals surface area contributed by atoms with E-state index >= 15 is 0 Å². The van der Waals surface area contributed by atoms with Crippen molar-refractivity contribution in [2.75, 3.05) is 23.0 Å². The van der Waals surface area contributed by atoms with Gasteiger partial charge in [0.2, 0.25) is 11.8 Å². The largest absolute Gasteiger partial charge is 0.396 e. The maximum absolute atomic E-state index is 11.8. The Hall–Kier alpha value is -1.33. The zero-order valence-electron chi connectivity index (χ0n) is 9.96. The third kappa shape index (κ3) is 2.91. The molecule has 4 nitrogen and oxygen atoms in total. The third-order valence-electron chi connectivity index (χ3n) is 2.74. The number of anilines is 1. The average Bonchev–Trinajstić information content (AvgIpc) is 2.37. The first-order valence-corrected chi connectivity index (χ1v) is 7.01. The summed E-state index contributed by atoms with van der Waals surface area (Å²) >= 11 is 1.35. The zero-order valence-corrected chi connectivity index (χ0v) is 10.8. The number of hydrogen-bond acceptors (Lipinski definition) is 4. The summed E-state index contributed by atoms with van der Waals surface area (Å²) < 4.78 is 0. The molecule has 1 aromatic rings. The van der Waals surface area contributed by atoms with Crippen LogP contribution in [-0.2, 0) is 16.0 Å². The van der Waals surface area contributed by atoms with Crippen LogP contribution >= 0.6 is 11.8 Å². The summed E-state index contributed by atoms with van der Waals surface area (Å²) in [5, 5.41) is 8.81. The second-order valence-electron chi connectivity index (χ2n) is 4.11. The lowest BCUT2D eigenvalue weighted by molar-refractivity contribution is -0.124. The smallest absolute Gasteiger partial charge is 0.243 e. The van der Waals surface area contributed by atoms with Crippen molar-refractivity contribution in [2.45, 2.75) is 12.8 Å². The summed E-state index contributed by atoms with van der Waals surface area (Å²) in [6.07, 6.45) is 1.43. The first-order chi connectivity index (χ1) is 8.72. The SMILES string of the molecule is O=C1CSCC(=O)N1c1cccc(CCCO)c1.